The van der Waals surface area contributed by atoms with E-state index in [0.29, 0.717) is 16.5 Å². The van der Waals surface area contributed by atoms with Gasteiger partial charge in [0.25, 0.3) is 0 Å². The van der Waals surface area contributed by atoms with Crippen LogP contribution in [0.5, 0.6) is 0 Å². The van der Waals surface area contributed by atoms with E-state index in [9.17, 15) is 0 Å². The largest absolute Gasteiger partial charge is 0.382 e. The van der Waals surface area contributed by atoms with E-state index < -0.39 is 0 Å². The van der Waals surface area contributed by atoms with Crippen LogP contribution in [0.4, 0.5) is 11.6 Å². The van der Waals surface area contributed by atoms with Gasteiger partial charge in [-0.3, -0.25) is 4.98 Å². The van der Waals surface area contributed by atoms with Crippen LogP contribution in [0, 0.1) is 12.3 Å². The molecule has 4 aromatic rings. The maximum absolute atomic E-state index is 6.74. The Kier molecular flexibility index (Phi) is 5.51. The predicted octanol–water partition coefficient (Wildman–Crippen LogP) is 4.35. The topological polar surface area (TPSA) is 120 Å². The van der Waals surface area contributed by atoms with Gasteiger partial charge < -0.3 is 16.4 Å². The minimum Gasteiger partial charge on any atom is -0.382 e. The van der Waals surface area contributed by atoms with E-state index in [0.717, 1.165) is 59.3 Å². The van der Waals surface area contributed by atoms with Crippen LogP contribution in [0.1, 0.15) is 35.8 Å². The van der Waals surface area contributed by atoms with Gasteiger partial charge in [0.05, 0.1) is 11.2 Å². The molecule has 1 aliphatic carbocycles. The lowest BCUT2D eigenvalue weighted by Gasteiger charge is -2.42. The van der Waals surface area contributed by atoms with Crippen molar-refractivity contribution in [2.24, 2.45) is 11.1 Å². The fourth-order valence-electron chi connectivity index (χ4n) is 5.21. The molecule has 0 bridgehead atoms. The highest BCUT2D eigenvalue weighted by Gasteiger charge is 2.46. The minimum atomic E-state index is 0.0415. The molecule has 0 radical (unpaired) electrons. The lowest BCUT2D eigenvalue weighted by atomic mass is 9.73. The molecule has 4 N–H and O–H groups in total. The minimum absolute atomic E-state index is 0.0415. The summed E-state index contributed by atoms with van der Waals surface area (Å²) in [6.07, 6.45) is 6.42. The summed E-state index contributed by atoms with van der Waals surface area (Å²) in [5, 5.41) is 1.20. The van der Waals surface area contributed by atoms with Gasteiger partial charge in [0.2, 0.25) is 0 Å². The molecule has 5 heterocycles. The first-order valence-electron chi connectivity index (χ1n) is 11.6. The lowest BCUT2D eigenvalue weighted by Crippen LogP contribution is -2.44. The molecule has 1 spiro atoms. The van der Waals surface area contributed by atoms with Crippen molar-refractivity contribution in [2.45, 2.75) is 42.1 Å². The number of nitrogen functional groups attached to an aromatic ring is 1. The molecule has 0 unspecified atom stereocenters. The van der Waals surface area contributed by atoms with Crippen LogP contribution in [0.15, 0.2) is 52.6 Å². The average molecular weight is 505 g/mol. The standard InChI is InChI=1S/C25H25ClN8S/c1-14-2-3-15-17(31-14)12-25(22(15)27)7-10-34(11-8-25)19-13-30-24-16(32-19)4-5-20(33-24)35-18-6-9-29-23(28)21(18)26/h2-6,9,13,22H,7-8,10-12,27H2,1H3,(H2,28,29)/t22-/m0/s1. The summed E-state index contributed by atoms with van der Waals surface area (Å²) in [5.41, 5.74) is 17.4. The molecule has 2 aliphatic rings. The van der Waals surface area contributed by atoms with Gasteiger partial charge in [-0.2, -0.15) is 0 Å². The Labute approximate surface area is 212 Å². The molecule has 178 valence electrons. The number of fused-ring (bicyclic) bond motifs is 2. The zero-order valence-corrected chi connectivity index (χ0v) is 20.9. The van der Waals surface area contributed by atoms with Crippen molar-refractivity contribution < 1.29 is 0 Å². The SMILES string of the molecule is Cc1ccc2c(n1)CC1(CCN(c3cnc4nc(Sc5ccnc(N)c5Cl)ccc4n3)CC1)[C@H]2N. The molecule has 35 heavy (non-hydrogen) atoms. The quantitative estimate of drug-likeness (QED) is 0.419. The molecule has 0 aromatic carbocycles. The molecule has 1 saturated heterocycles. The van der Waals surface area contributed by atoms with Crippen molar-refractivity contribution in [3.8, 4) is 0 Å². The third kappa shape index (κ3) is 3.97. The monoisotopic (exact) mass is 504 g/mol. The summed E-state index contributed by atoms with van der Waals surface area (Å²) in [5.74, 6) is 1.18. The Balaban J connectivity index is 1.18. The first kappa shape index (κ1) is 22.5. The fourth-order valence-corrected chi connectivity index (χ4v) is 6.25. The van der Waals surface area contributed by atoms with E-state index in [-0.39, 0.29) is 11.5 Å². The lowest BCUT2D eigenvalue weighted by molar-refractivity contribution is 0.186. The Hall–Kier alpha value is -3.01. The molecule has 8 nitrogen and oxygen atoms in total. The summed E-state index contributed by atoms with van der Waals surface area (Å²) in [4.78, 5) is 26.0. The molecule has 10 heteroatoms. The van der Waals surface area contributed by atoms with Crippen molar-refractivity contribution in [3.63, 3.8) is 0 Å². The van der Waals surface area contributed by atoms with E-state index in [4.69, 9.17) is 33.0 Å². The maximum atomic E-state index is 6.74. The second-order valence-electron chi connectivity index (χ2n) is 9.32. The van der Waals surface area contributed by atoms with Gasteiger partial charge in [-0.15, -0.1) is 0 Å². The van der Waals surface area contributed by atoms with Gasteiger partial charge in [-0.1, -0.05) is 29.4 Å². The second kappa shape index (κ2) is 8.58. The van der Waals surface area contributed by atoms with E-state index >= 15 is 0 Å². The highest BCUT2D eigenvalue weighted by atomic mass is 35.5. The van der Waals surface area contributed by atoms with Gasteiger partial charge in [0.15, 0.2) is 5.65 Å². The van der Waals surface area contributed by atoms with Crippen LogP contribution in [-0.2, 0) is 6.42 Å². The van der Waals surface area contributed by atoms with Crippen molar-refractivity contribution in [1.82, 2.24) is 24.9 Å². The Bertz CT molecular complexity index is 1440. The van der Waals surface area contributed by atoms with Gasteiger partial charge >= 0.3 is 0 Å². The van der Waals surface area contributed by atoms with Crippen LogP contribution in [0.3, 0.4) is 0 Å². The number of piperidine rings is 1. The van der Waals surface area contributed by atoms with Crippen LogP contribution in [0.2, 0.25) is 5.02 Å². The highest BCUT2D eigenvalue weighted by molar-refractivity contribution is 7.99. The predicted molar refractivity (Wildman–Crippen MR) is 139 cm³/mol. The van der Waals surface area contributed by atoms with E-state index in [1.807, 2.05) is 31.3 Å². The molecule has 0 amide bonds. The van der Waals surface area contributed by atoms with Crippen LogP contribution in [0.25, 0.3) is 11.2 Å². The van der Waals surface area contributed by atoms with Gasteiger partial charge in [-0.05, 0) is 61.4 Å². The summed E-state index contributed by atoms with van der Waals surface area (Å²) in [6.45, 7) is 3.83. The summed E-state index contributed by atoms with van der Waals surface area (Å²) in [6, 6.07) is 9.96. The smallest absolute Gasteiger partial charge is 0.179 e. The first-order valence-corrected chi connectivity index (χ1v) is 12.8. The number of anilines is 2. The van der Waals surface area contributed by atoms with E-state index in [1.165, 1.54) is 23.0 Å². The zero-order valence-electron chi connectivity index (χ0n) is 19.3. The number of nitrogens with zero attached hydrogens (tertiary/aromatic N) is 6. The Morgan fingerprint density at radius 2 is 1.89 bits per heavy atom. The van der Waals surface area contributed by atoms with Crippen molar-refractivity contribution in [1.29, 1.82) is 0 Å². The number of aromatic nitrogens is 5. The maximum Gasteiger partial charge on any atom is 0.179 e. The number of hydrogen-bond acceptors (Lipinski definition) is 9. The summed E-state index contributed by atoms with van der Waals surface area (Å²) in [7, 11) is 0. The molecule has 1 fully saturated rings. The molecule has 0 saturated carbocycles. The number of hydrogen-bond donors (Lipinski definition) is 2. The highest BCUT2D eigenvalue weighted by Crippen LogP contribution is 2.50. The number of nitrogens with two attached hydrogens (primary N) is 2. The van der Waals surface area contributed by atoms with Crippen molar-refractivity contribution in [3.05, 3.63) is 64.7 Å². The van der Waals surface area contributed by atoms with Gasteiger partial charge in [0.1, 0.15) is 22.2 Å². The number of pyridine rings is 3. The van der Waals surface area contributed by atoms with Gasteiger partial charge in [-0.25, -0.2) is 19.9 Å². The second-order valence-corrected chi connectivity index (χ2v) is 10.8. The number of halogens is 1. The first-order chi connectivity index (χ1) is 16.9. The number of aryl methyl sites for hydroxylation is 1. The molecular weight excluding hydrogens is 480 g/mol. The number of rotatable bonds is 3. The van der Waals surface area contributed by atoms with Crippen LogP contribution < -0.4 is 16.4 Å². The molecule has 1 aliphatic heterocycles. The molecule has 6 rings (SSSR count). The Morgan fingerprint density at radius 3 is 2.71 bits per heavy atom. The van der Waals surface area contributed by atoms with Crippen LogP contribution in [-0.4, -0.2) is 38.0 Å². The average Bonchev–Trinajstić information content (AvgIpc) is 3.12. The zero-order chi connectivity index (χ0) is 24.2. The third-order valence-corrected chi connectivity index (χ3v) is 8.71. The molecule has 1 atom stereocenters. The van der Waals surface area contributed by atoms with Crippen molar-refractivity contribution in [2.75, 3.05) is 23.7 Å². The third-order valence-electron chi connectivity index (χ3n) is 7.21. The van der Waals surface area contributed by atoms with E-state index in [2.05, 4.69) is 32.0 Å². The fraction of sp³-hybridized carbons (Fsp3) is 0.320. The summed E-state index contributed by atoms with van der Waals surface area (Å²) < 4.78 is 0. The Morgan fingerprint density at radius 1 is 1.06 bits per heavy atom. The van der Waals surface area contributed by atoms with E-state index in [1.54, 1.807) is 6.20 Å². The van der Waals surface area contributed by atoms with Gasteiger partial charge in [0, 0.05) is 41.6 Å². The van der Waals surface area contributed by atoms with Crippen molar-refractivity contribution >= 4 is 46.2 Å². The molecular formula is C25H25ClN8S. The van der Waals surface area contributed by atoms with Crippen LogP contribution >= 0.6 is 23.4 Å². The normalized spacial score (nSPS) is 18.8. The summed E-state index contributed by atoms with van der Waals surface area (Å²) >= 11 is 7.70. The molecule has 4 aromatic heterocycles.